The van der Waals surface area contributed by atoms with Crippen molar-refractivity contribution in [3.63, 3.8) is 0 Å². The molecule has 1 aromatic heterocycles. The summed E-state index contributed by atoms with van der Waals surface area (Å²) in [6.07, 6.45) is 0. The van der Waals surface area contributed by atoms with E-state index in [9.17, 15) is 9.50 Å². The maximum atomic E-state index is 13.5. The average molecular weight is 288 g/mol. The summed E-state index contributed by atoms with van der Waals surface area (Å²) in [7, 11) is 0. The minimum absolute atomic E-state index is 0.116. The summed E-state index contributed by atoms with van der Waals surface area (Å²) < 4.78 is 14.3. The van der Waals surface area contributed by atoms with Crippen LogP contribution in [0.15, 0.2) is 22.7 Å². The van der Waals surface area contributed by atoms with Crippen molar-refractivity contribution in [2.24, 2.45) is 0 Å². The number of hydrogen-bond acceptors (Lipinski definition) is 3. The minimum atomic E-state index is -0.364. The van der Waals surface area contributed by atoms with Gasteiger partial charge in [0, 0.05) is 10.0 Å². The Hall–Kier alpha value is -0.940. The third-order valence-electron chi connectivity index (χ3n) is 1.89. The Labute approximate surface area is 98.5 Å². The normalized spacial score (nSPS) is 10.6. The molecule has 0 saturated heterocycles. The molecule has 0 aliphatic carbocycles. The molecule has 5 heteroatoms. The van der Waals surface area contributed by atoms with Crippen molar-refractivity contribution in [2.75, 3.05) is 0 Å². The van der Waals surface area contributed by atoms with Gasteiger partial charge in [-0.1, -0.05) is 15.9 Å². The zero-order valence-corrected chi connectivity index (χ0v) is 10.2. The van der Waals surface area contributed by atoms with E-state index in [1.165, 1.54) is 17.4 Å². The molecule has 0 bridgehead atoms. The van der Waals surface area contributed by atoms with E-state index in [1.54, 1.807) is 19.1 Å². The van der Waals surface area contributed by atoms with Gasteiger partial charge < -0.3 is 5.11 Å². The van der Waals surface area contributed by atoms with Crippen molar-refractivity contribution in [2.45, 2.75) is 6.92 Å². The van der Waals surface area contributed by atoms with Crippen LogP contribution < -0.4 is 0 Å². The van der Waals surface area contributed by atoms with E-state index in [1.807, 2.05) is 0 Å². The van der Waals surface area contributed by atoms with Gasteiger partial charge in [0.1, 0.15) is 10.7 Å². The topological polar surface area (TPSA) is 33.1 Å². The monoisotopic (exact) mass is 287 g/mol. The van der Waals surface area contributed by atoms with Gasteiger partial charge in [-0.25, -0.2) is 9.37 Å². The van der Waals surface area contributed by atoms with Crippen molar-refractivity contribution in [3.05, 3.63) is 33.5 Å². The van der Waals surface area contributed by atoms with Gasteiger partial charge >= 0.3 is 0 Å². The zero-order valence-electron chi connectivity index (χ0n) is 7.79. The van der Waals surface area contributed by atoms with Crippen molar-refractivity contribution in [1.29, 1.82) is 0 Å². The molecule has 0 atom stereocenters. The second kappa shape index (κ2) is 3.90. The van der Waals surface area contributed by atoms with Gasteiger partial charge in [-0.05, 0) is 25.1 Å². The van der Waals surface area contributed by atoms with Crippen molar-refractivity contribution in [1.82, 2.24) is 4.98 Å². The number of aromatic hydroxyl groups is 1. The zero-order chi connectivity index (χ0) is 11.0. The summed E-state index contributed by atoms with van der Waals surface area (Å²) in [4.78, 5) is 4.31. The fraction of sp³-hybridized carbons (Fsp3) is 0.100. The molecule has 0 amide bonds. The lowest BCUT2D eigenvalue weighted by Crippen LogP contribution is -1.81. The number of aryl methyl sites for hydroxylation is 1. The molecule has 0 unspecified atom stereocenters. The molecule has 2 rings (SSSR count). The van der Waals surface area contributed by atoms with Gasteiger partial charge in [-0.15, -0.1) is 11.3 Å². The molecule has 1 heterocycles. The van der Waals surface area contributed by atoms with E-state index < -0.39 is 0 Å². The molecule has 0 aliphatic heterocycles. The van der Waals surface area contributed by atoms with Crippen LogP contribution in [0.25, 0.3) is 10.4 Å². The Morgan fingerprint density at radius 1 is 1.47 bits per heavy atom. The molecule has 0 fully saturated rings. The lowest BCUT2D eigenvalue weighted by Gasteiger charge is -2.00. The number of hydrogen-bond donors (Lipinski definition) is 1. The largest absolute Gasteiger partial charge is 0.492 e. The highest BCUT2D eigenvalue weighted by molar-refractivity contribution is 9.10. The lowest BCUT2D eigenvalue weighted by atomic mass is 10.2. The number of halogens is 2. The van der Waals surface area contributed by atoms with E-state index in [2.05, 4.69) is 20.9 Å². The minimum Gasteiger partial charge on any atom is -0.492 e. The molecule has 2 aromatic rings. The van der Waals surface area contributed by atoms with Gasteiger partial charge in [0.2, 0.25) is 5.88 Å². The number of thiazole rings is 1. The van der Waals surface area contributed by atoms with Crippen LogP contribution in [-0.2, 0) is 0 Å². The first kappa shape index (κ1) is 10.6. The molecule has 1 N–H and O–H groups in total. The van der Waals surface area contributed by atoms with Crippen LogP contribution in [-0.4, -0.2) is 10.1 Å². The summed E-state index contributed by atoms with van der Waals surface area (Å²) in [6.45, 7) is 1.77. The molecule has 2 nitrogen and oxygen atoms in total. The quantitative estimate of drug-likeness (QED) is 0.867. The van der Waals surface area contributed by atoms with Crippen LogP contribution in [0.2, 0.25) is 0 Å². The molecule has 0 aliphatic rings. The molecule has 0 saturated carbocycles. The first-order chi connectivity index (χ1) is 7.08. The van der Waals surface area contributed by atoms with Gasteiger partial charge in [0.05, 0.1) is 5.01 Å². The second-order valence-corrected chi connectivity index (χ2v) is 5.13. The molecule has 78 valence electrons. The van der Waals surface area contributed by atoms with Gasteiger partial charge in [-0.2, -0.15) is 0 Å². The molecule has 15 heavy (non-hydrogen) atoms. The Morgan fingerprint density at radius 2 is 2.20 bits per heavy atom. The lowest BCUT2D eigenvalue weighted by molar-refractivity contribution is 0.458. The van der Waals surface area contributed by atoms with E-state index >= 15 is 0 Å². The van der Waals surface area contributed by atoms with Crippen LogP contribution >= 0.6 is 27.3 Å². The summed E-state index contributed by atoms with van der Waals surface area (Å²) in [5.41, 5.74) is 0.368. The predicted molar refractivity (Wildman–Crippen MR) is 61.6 cm³/mol. The van der Waals surface area contributed by atoms with Crippen LogP contribution in [0, 0.1) is 12.7 Å². The van der Waals surface area contributed by atoms with E-state index in [4.69, 9.17) is 0 Å². The summed E-state index contributed by atoms with van der Waals surface area (Å²) in [6, 6.07) is 4.60. The highest BCUT2D eigenvalue weighted by Crippen LogP contribution is 2.37. The van der Waals surface area contributed by atoms with Crippen LogP contribution in [0.5, 0.6) is 5.88 Å². The van der Waals surface area contributed by atoms with Gasteiger partial charge in [0.15, 0.2) is 0 Å². The van der Waals surface area contributed by atoms with E-state index in [0.717, 1.165) is 4.47 Å². The molecule has 0 radical (unpaired) electrons. The van der Waals surface area contributed by atoms with E-state index in [0.29, 0.717) is 15.4 Å². The number of rotatable bonds is 1. The van der Waals surface area contributed by atoms with Gasteiger partial charge in [0.25, 0.3) is 0 Å². The first-order valence-corrected chi connectivity index (χ1v) is 5.80. The molecule has 0 spiro atoms. The summed E-state index contributed by atoms with van der Waals surface area (Å²) >= 11 is 4.53. The maximum absolute atomic E-state index is 13.5. The predicted octanol–water partition coefficient (Wildman–Crippen LogP) is 3.73. The standard InChI is InChI=1S/C10H7BrFNOS/c1-5-13-10(14)9(15-5)7-4-6(11)2-3-8(7)12/h2-4,14H,1H3. The third-order valence-corrected chi connectivity index (χ3v) is 3.38. The fourth-order valence-electron chi connectivity index (χ4n) is 1.26. The van der Waals surface area contributed by atoms with Crippen LogP contribution in [0.3, 0.4) is 0 Å². The summed E-state index contributed by atoms with van der Waals surface area (Å²) in [5.74, 6) is -0.480. The Bertz CT molecular complexity index is 512. The van der Waals surface area contributed by atoms with Gasteiger partial charge in [-0.3, -0.25) is 0 Å². The second-order valence-electron chi connectivity index (χ2n) is 3.01. The van der Waals surface area contributed by atoms with Crippen molar-refractivity contribution < 1.29 is 9.50 Å². The fourth-order valence-corrected chi connectivity index (χ4v) is 2.45. The number of nitrogens with zero attached hydrogens (tertiary/aromatic N) is 1. The Balaban J connectivity index is 2.62. The molecule has 1 aromatic carbocycles. The van der Waals surface area contributed by atoms with E-state index in [-0.39, 0.29) is 11.7 Å². The molecular weight excluding hydrogens is 281 g/mol. The molecular formula is C10H7BrFNOS. The number of benzene rings is 1. The SMILES string of the molecule is Cc1nc(O)c(-c2cc(Br)ccc2F)s1. The highest BCUT2D eigenvalue weighted by atomic mass is 79.9. The Morgan fingerprint density at radius 3 is 2.80 bits per heavy atom. The summed E-state index contributed by atoms with van der Waals surface area (Å²) in [5, 5.41) is 10.2. The van der Waals surface area contributed by atoms with Crippen molar-refractivity contribution >= 4 is 27.3 Å². The number of aromatic nitrogens is 1. The Kier molecular flexibility index (Phi) is 2.75. The third kappa shape index (κ3) is 2.03. The van der Waals surface area contributed by atoms with Crippen LogP contribution in [0.4, 0.5) is 4.39 Å². The smallest absolute Gasteiger partial charge is 0.230 e. The highest BCUT2D eigenvalue weighted by Gasteiger charge is 2.14. The maximum Gasteiger partial charge on any atom is 0.230 e. The van der Waals surface area contributed by atoms with Crippen LogP contribution in [0.1, 0.15) is 5.01 Å². The first-order valence-electron chi connectivity index (χ1n) is 4.20. The average Bonchev–Trinajstić information content (AvgIpc) is 2.50. The van der Waals surface area contributed by atoms with Crippen molar-refractivity contribution in [3.8, 4) is 16.3 Å².